The number of aryl methyl sites for hydroxylation is 1. The van der Waals surface area contributed by atoms with E-state index in [0.717, 1.165) is 0 Å². The van der Waals surface area contributed by atoms with Gasteiger partial charge in [0.05, 0.1) is 12.6 Å². The van der Waals surface area contributed by atoms with Crippen molar-refractivity contribution in [3.63, 3.8) is 0 Å². The lowest BCUT2D eigenvalue weighted by atomic mass is 10.1. The number of aliphatic hydroxyl groups excluding tert-OH is 1. The molecular weight excluding hydrogens is 327 g/mol. The second kappa shape index (κ2) is 6.04. The van der Waals surface area contributed by atoms with Gasteiger partial charge in [-0.3, -0.25) is 9.47 Å². The lowest BCUT2D eigenvalue weighted by molar-refractivity contribution is 0.0959. The Labute approximate surface area is 137 Å². The van der Waals surface area contributed by atoms with E-state index < -0.39 is 6.10 Å². The number of aliphatic hydroxyl groups is 1. The first-order chi connectivity index (χ1) is 10.5. The van der Waals surface area contributed by atoms with E-state index in [-0.39, 0.29) is 5.69 Å². The van der Waals surface area contributed by atoms with Gasteiger partial charge in [0.1, 0.15) is 5.82 Å². The fraction of sp³-hybridized carbons (Fsp3) is 0.429. The largest absolute Gasteiger partial charge is 0.387 e. The minimum Gasteiger partial charge on any atom is -0.387 e. The number of fused-ring (bicyclic) bond motifs is 1. The minimum atomic E-state index is -0.716. The zero-order valence-corrected chi connectivity index (χ0v) is 13.5. The van der Waals surface area contributed by atoms with E-state index in [9.17, 15) is 9.90 Å². The molecule has 0 saturated carbocycles. The molecular formula is C14H16Cl2N4O2. The first-order valence-electron chi connectivity index (χ1n) is 6.94. The number of halogens is 2. The van der Waals surface area contributed by atoms with Crippen molar-refractivity contribution in [2.45, 2.75) is 19.2 Å². The van der Waals surface area contributed by atoms with Gasteiger partial charge in [-0.2, -0.15) is 5.10 Å². The van der Waals surface area contributed by atoms with E-state index in [1.54, 1.807) is 29.8 Å². The molecule has 6 nitrogen and oxygen atoms in total. The van der Waals surface area contributed by atoms with Crippen molar-refractivity contribution in [3.8, 4) is 0 Å². The van der Waals surface area contributed by atoms with Crippen molar-refractivity contribution in [2.75, 3.05) is 13.1 Å². The SMILES string of the molecule is Cn1nc2n(c1=O)CCN(CC(O)c1ccc(Cl)cc1Cl)C2. The van der Waals surface area contributed by atoms with Gasteiger partial charge >= 0.3 is 5.69 Å². The highest BCUT2D eigenvalue weighted by Crippen LogP contribution is 2.27. The van der Waals surface area contributed by atoms with Crippen LogP contribution in [0.5, 0.6) is 0 Å². The molecule has 1 aliphatic heterocycles. The van der Waals surface area contributed by atoms with Crippen molar-refractivity contribution < 1.29 is 5.11 Å². The van der Waals surface area contributed by atoms with Gasteiger partial charge in [0.2, 0.25) is 0 Å². The fourth-order valence-electron chi connectivity index (χ4n) is 2.69. The molecule has 1 aromatic heterocycles. The van der Waals surface area contributed by atoms with Gasteiger partial charge in [0, 0.05) is 42.3 Å². The monoisotopic (exact) mass is 342 g/mol. The van der Waals surface area contributed by atoms with Crippen LogP contribution in [0.2, 0.25) is 10.0 Å². The van der Waals surface area contributed by atoms with Crippen molar-refractivity contribution in [3.05, 3.63) is 50.1 Å². The smallest absolute Gasteiger partial charge is 0.345 e. The standard InChI is InChI=1S/C14H16Cl2N4O2/c1-18-14(22)20-5-4-19(8-13(20)17-18)7-12(21)10-3-2-9(15)6-11(10)16/h2-3,6,12,21H,4-5,7-8H2,1H3. The number of aromatic nitrogens is 3. The number of rotatable bonds is 3. The van der Waals surface area contributed by atoms with Crippen LogP contribution >= 0.6 is 23.2 Å². The van der Waals surface area contributed by atoms with Gasteiger partial charge in [-0.05, 0) is 12.1 Å². The summed E-state index contributed by atoms with van der Waals surface area (Å²) in [5.74, 6) is 0.716. The van der Waals surface area contributed by atoms with Crippen LogP contribution in [0.3, 0.4) is 0 Å². The Morgan fingerprint density at radius 1 is 1.36 bits per heavy atom. The van der Waals surface area contributed by atoms with Crippen LogP contribution in [0.1, 0.15) is 17.5 Å². The molecule has 0 amide bonds. The maximum absolute atomic E-state index is 11.8. The second-order valence-corrected chi connectivity index (χ2v) is 6.23. The molecule has 2 heterocycles. The lowest BCUT2D eigenvalue weighted by Gasteiger charge is -2.28. The zero-order chi connectivity index (χ0) is 15.9. The van der Waals surface area contributed by atoms with Gasteiger partial charge in [0.15, 0.2) is 0 Å². The summed E-state index contributed by atoms with van der Waals surface area (Å²) in [7, 11) is 1.64. The molecule has 22 heavy (non-hydrogen) atoms. The number of hydrogen-bond donors (Lipinski definition) is 1. The molecule has 0 bridgehead atoms. The van der Waals surface area contributed by atoms with E-state index in [1.165, 1.54) is 4.68 Å². The number of β-amino-alcohol motifs (C(OH)–C–C–N with tert-alkyl or cyclic N) is 1. The van der Waals surface area contributed by atoms with Gasteiger partial charge < -0.3 is 5.11 Å². The fourth-order valence-corrected chi connectivity index (χ4v) is 3.22. The molecule has 0 aliphatic carbocycles. The Kier molecular flexibility index (Phi) is 4.27. The second-order valence-electron chi connectivity index (χ2n) is 5.39. The Hall–Kier alpha value is -1.34. The molecule has 3 rings (SSSR count). The maximum Gasteiger partial charge on any atom is 0.345 e. The summed E-state index contributed by atoms with van der Waals surface area (Å²) >= 11 is 12.0. The number of hydrogen-bond acceptors (Lipinski definition) is 4. The molecule has 1 aromatic carbocycles. The maximum atomic E-state index is 11.8. The first kappa shape index (κ1) is 15.6. The van der Waals surface area contributed by atoms with Gasteiger partial charge in [-0.25, -0.2) is 9.48 Å². The van der Waals surface area contributed by atoms with Crippen molar-refractivity contribution in [2.24, 2.45) is 7.05 Å². The average molecular weight is 343 g/mol. The summed E-state index contributed by atoms with van der Waals surface area (Å²) < 4.78 is 3.00. The summed E-state index contributed by atoms with van der Waals surface area (Å²) in [6.07, 6.45) is -0.716. The van der Waals surface area contributed by atoms with E-state index in [4.69, 9.17) is 23.2 Å². The van der Waals surface area contributed by atoms with Gasteiger partial charge in [-0.15, -0.1) is 0 Å². The van der Waals surface area contributed by atoms with Crippen LogP contribution in [0.25, 0.3) is 0 Å². The van der Waals surface area contributed by atoms with Crippen LogP contribution in [0, 0.1) is 0 Å². The highest BCUT2D eigenvalue weighted by Gasteiger charge is 2.23. The summed E-state index contributed by atoms with van der Waals surface area (Å²) in [5.41, 5.74) is 0.547. The minimum absolute atomic E-state index is 0.101. The summed E-state index contributed by atoms with van der Waals surface area (Å²) in [5, 5.41) is 15.6. The molecule has 1 unspecified atom stereocenters. The highest BCUT2D eigenvalue weighted by atomic mass is 35.5. The molecule has 1 N–H and O–H groups in total. The topological polar surface area (TPSA) is 63.3 Å². The van der Waals surface area contributed by atoms with E-state index in [2.05, 4.69) is 10.00 Å². The molecule has 0 radical (unpaired) electrons. The Morgan fingerprint density at radius 3 is 2.86 bits per heavy atom. The predicted octanol–water partition coefficient (Wildman–Crippen LogP) is 1.44. The van der Waals surface area contributed by atoms with E-state index in [0.29, 0.717) is 47.6 Å². The van der Waals surface area contributed by atoms with Crippen LogP contribution in [-0.2, 0) is 20.1 Å². The lowest BCUT2D eigenvalue weighted by Crippen LogP contribution is -2.39. The van der Waals surface area contributed by atoms with Crippen LogP contribution < -0.4 is 5.69 Å². The van der Waals surface area contributed by atoms with Gasteiger partial charge in [0.25, 0.3) is 0 Å². The third-order valence-electron chi connectivity index (χ3n) is 3.84. The van der Waals surface area contributed by atoms with E-state index >= 15 is 0 Å². The summed E-state index contributed by atoms with van der Waals surface area (Å²) in [6, 6.07) is 5.06. The third kappa shape index (κ3) is 2.92. The Bertz CT molecular complexity index is 756. The molecule has 0 spiro atoms. The molecule has 118 valence electrons. The Balaban J connectivity index is 1.73. The van der Waals surface area contributed by atoms with Crippen molar-refractivity contribution in [1.29, 1.82) is 0 Å². The molecule has 0 saturated heterocycles. The van der Waals surface area contributed by atoms with Crippen LogP contribution in [0.15, 0.2) is 23.0 Å². The molecule has 8 heteroatoms. The number of nitrogens with zero attached hydrogens (tertiary/aromatic N) is 4. The molecule has 2 aromatic rings. The summed E-state index contributed by atoms with van der Waals surface area (Å²) in [6.45, 7) is 2.20. The van der Waals surface area contributed by atoms with Crippen molar-refractivity contribution >= 4 is 23.2 Å². The molecule has 1 atom stereocenters. The summed E-state index contributed by atoms with van der Waals surface area (Å²) in [4.78, 5) is 13.9. The highest BCUT2D eigenvalue weighted by molar-refractivity contribution is 6.35. The third-order valence-corrected chi connectivity index (χ3v) is 4.40. The number of benzene rings is 1. The molecule has 0 fully saturated rings. The van der Waals surface area contributed by atoms with E-state index in [1.807, 2.05) is 0 Å². The normalized spacial score (nSPS) is 16.5. The Morgan fingerprint density at radius 2 is 2.14 bits per heavy atom. The van der Waals surface area contributed by atoms with Crippen LogP contribution in [0.4, 0.5) is 0 Å². The van der Waals surface area contributed by atoms with Crippen molar-refractivity contribution in [1.82, 2.24) is 19.2 Å². The zero-order valence-electron chi connectivity index (χ0n) is 12.0. The van der Waals surface area contributed by atoms with Gasteiger partial charge in [-0.1, -0.05) is 29.3 Å². The first-order valence-corrected chi connectivity index (χ1v) is 7.69. The molecule has 1 aliphatic rings. The van der Waals surface area contributed by atoms with Crippen LogP contribution in [-0.4, -0.2) is 37.4 Å². The average Bonchev–Trinajstić information content (AvgIpc) is 2.73. The quantitative estimate of drug-likeness (QED) is 0.916. The predicted molar refractivity (Wildman–Crippen MR) is 84.2 cm³/mol.